The second-order valence-electron chi connectivity index (χ2n) is 19.0. The third kappa shape index (κ3) is 11.4. The van der Waals surface area contributed by atoms with Gasteiger partial charge in [-0.1, -0.05) is 20.8 Å². The van der Waals surface area contributed by atoms with Gasteiger partial charge in [0.15, 0.2) is 12.2 Å². The Hall–Kier alpha value is -2.07. The number of nitrogens with zero attached hydrogens (tertiary/aromatic N) is 1. The van der Waals surface area contributed by atoms with Crippen LogP contribution in [0.4, 0.5) is 0 Å². The molecule has 3 amide bonds. The standard InChI is InChI=1S/C42H75N3O15/c1-22(25-7-8-26-32-27(11-13-42(25,26)3)41(2)12-10-24(48)18-23(41)19-28(32)49)6-9-31(52)45(16-4-14-43-39(59)37(57)35(55)33(53)29(50)20-46)17-5-15-44-40(60)38(58)36(56)34(54)30(51)21-47/h22-30,32-38,46-51,53-58H,4-21H2,1-3H3,(H,43,59)(H,44,60)/t22-,23+,24-,25-,26+,27+,28-,29-,30-,32+,33-,34-,35+,36+,37-,38-,41+,42-/m1/s1. The van der Waals surface area contributed by atoms with Gasteiger partial charge in [-0.15, -0.1) is 0 Å². The number of carbonyl (C=O) groups excluding carboxylic acids is 3. The van der Waals surface area contributed by atoms with Crippen molar-refractivity contribution in [3.63, 3.8) is 0 Å². The van der Waals surface area contributed by atoms with Gasteiger partial charge in [0.25, 0.3) is 11.8 Å². The molecule has 18 nitrogen and oxygen atoms in total. The summed E-state index contributed by atoms with van der Waals surface area (Å²) < 4.78 is 0. The van der Waals surface area contributed by atoms with Crippen LogP contribution in [0.2, 0.25) is 0 Å². The highest BCUT2D eigenvalue weighted by molar-refractivity contribution is 5.81. The normalized spacial score (nSPS) is 34.6. The van der Waals surface area contributed by atoms with Gasteiger partial charge in [-0.05, 0) is 117 Å². The van der Waals surface area contributed by atoms with Crippen molar-refractivity contribution in [3.8, 4) is 0 Å². The molecule has 0 bridgehead atoms. The lowest BCUT2D eigenvalue weighted by Crippen LogP contribution is -2.58. The molecule has 4 aliphatic rings. The summed E-state index contributed by atoms with van der Waals surface area (Å²) in [5, 5.41) is 124. The monoisotopic (exact) mass is 862 g/mol. The number of hydrogen-bond acceptors (Lipinski definition) is 15. The first kappa shape index (κ1) is 50.6. The lowest BCUT2D eigenvalue weighted by atomic mass is 9.43. The lowest BCUT2D eigenvalue weighted by molar-refractivity contribution is -0.174. The summed E-state index contributed by atoms with van der Waals surface area (Å²) in [5.41, 5.74) is 0.142. The van der Waals surface area contributed by atoms with Crippen LogP contribution in [0.25, 0.3) is 0 Å². The average Bonchev–Trinajstić information content (AvgIpc) is 3.59. The number of fused-ring (bicyclic) bond motifs is 5. The predicted molar refractivity (Wildman–Crippen MR) is 215 cm³/mol. The molecular weight excluding hydrogens is 786 g/mol. The van der Waals surface area contributed by atoms with Crippen molar-refractivity contribution in [1.29, 1.82) is 0 Å². The second-order valence-corrected chi connectivity index (χ2v) is 19.0. The van der Waals surface area contributed by atoms with Crippen molar-refractivity contribution in [1.82, 2.24) is 15.5 Å². The van der Waals surface area contributed by atoms with Gasteiger partial charge in [0.2, 0.25) is 5.91 Å². The molecule has 4 fully saturated rings. The molecule has 18 heteroatoms. The van der Waals surface area contributed by atoms with Crippen molar-refractivity contribution in [2.24, 2.45) is 46.3 Å². The summed E-state index contributed by atoms with van der Waals surface area (Å²) >= 11 is 0. The van der Waals surface area contributed by atoms with Gasteiger partial charge in [-0.25, -0.2) is 0 Å². The van der Waals surface area contributed by atoms with Crippen LogP contribution < -0.4 is 10.6 Å². The summed E-state index contributed by atoms with van der Waals surface area (Å²) in [6, 6.07) is 0. The van der Waals surface area contributed by atoms with E-state index in [1.54, 1.807) is 4.90 Å². The molecule has 0 saturated heterocycles. The van der Waals surface area contributed by atoms with Gasteiger partial charge in [0, 0.05) is 32.6 Å². The largest absolute Gasteiger partial charge is 0.394 e. The van der Waals surface area contributed by atoms with Gasteiger partial charge in [0.05, 0.1) is 25.4 Å². The van der Waals surface area contributed by atoms with E-state index >= 15 is 0 Å². The zero-order chi connectivity index (χ0) is 44.7. The molecule has 0 aromatic heterocycles. The summed E-state index contributed by atoms with van der Waals surface area (Å²) in [4.78, 5) is 40.4. The van der Waals surface area contributed by atoms with E-state index in [9.17, 15) is 65.4 Å². The molecule has 60 heavy (non-hydrogen) atoms. The van der Waals surface area contributed by atoms with Gasteiger partial charge < -0.3 is 76.8 Å². The molecule has 0 heterocycles. The Morgan fingerprint density at radius 3 is 1.70 bits per heavy atom. The molecule has 0 spiro atoms. The van der Waals surface area contributed by atoms with Crippen LogP contribution in [0.15, 0.2) is 0 Å². The van der Waals surface area contributed by atoms with Gasteiger partial charge in [-0.2, -0.15) is 0 Å². The fraction of sp³-hybridized carbons (Fsp3) is 0.929. The van der Waals surface area contributed by atoms with Crippen LogP contribution in [0.1, 0.15) is 97.8 Å². The van der Waals surface area contributed by atoms with E-state index in [4.69, 9.17) is 10.2 Å². The first-order valence-corrected chi connectivity index (χ1v) is 22.1. The van der Waals surface area contributed by atoms with E-state index < -0.39 is 73.9 Å². The van der Waals surface area contributed by atoms with Crippen LogP contribution >= 0.6 is 0 Å². The first-order chi connectivity index (χ1) is 28.2. The maximum Gasteiger partial charge on any atom is 0.251 e. The number of hydrogen-bond donors (Lipinski definition) is 14. The maximum atomic E-state index is 13.8. The number of rotatable bonds is 22. The molecule has 0 radical (unpaired) electrons. The molecule has 0 aromatic rings. The smallest absolute Gasteiger partial charge is 0.251 e. The van der Waals surface area contributed by atoms with Crippen LogP contribution in [0, 0.1) is 46.3 Å². The van der Waals surface area contributed by atoms with E-state index in [2.05, 4.69) is 31.4 Å². The highest BCUT2D eigenvalue weighted by Gasteiger charge is 2.63. The molecular formula is C42H75N3O15. The summed E-state index contributed by atoms with van der Waals surface area (Å²) in [5.74, 6) is -0.327. The summed E-state index contributed by atoms with van der Waals surface area (Å²) in [6.45, 7) is 5.37. The SMILES string of the molecule is C[C@H](CCC(=O)N(CCCNC(=O)[C@H](O)[C@@H](O)[C@H](O)[C@H](O)CO)CCCNC(=O)[C@H](O)[C@@H](O)[C@H](O)[C@H](O)CO)[C@H]1CC[C@H]2[C@@H]3[C@H](O)C[C@@H]4C[C@H](O)CC[C@]4(C)[C@H]3CC[C@]12C. The second kappa shape index (κ2) is 22.0. The number of carbonyl (C=O) groups is 3. The zero-order valence-corrected chi connectivity index (χ0v) is 35.5. The molecule has 4 aliphatic carbocycles. The van der Waals surface area contributed by atoms with Crippen LogP contribution in [-0.4, -0.2) is 184 Å². The highest BCUT2D eigenvalue weighted by Crippen LogP contribution is 2.68. The molecule has 4 rings (SSSR count). The highest BCUT2D eigenvalue weighted by atomic mass is 16.4. The molecule has 14 N–H and O–H groups in total. The van der Waals surface area contributed by atoms with Crippen LogP contribution in [0.3, 0.4) is 0 Å². The van der Waals surface area contributed by atoms with Gasteiger partial charge >= 0.3 is 0 Å². The van der Waals surface area contributed by atoms with Crippen LogP contribution in [0.5, 0.6) is 0 Å². The average molecular weight is 862 g/mol. The quantitative estimate of drug-likeness (QED) is 0.0486. The molecule has 0 aliphatic heterocycles. The Balaban J connectivity index is 1.35. The Morgan fingerprint density at radius 1 is 0.683 bits per heavy atom. The zero-order valence-electron chi connectivity index (χ0n) is 35.5. The Kier molecular flexibility index (Phi) is 18.6. The topological polar surface area (TPSA) is 321 Å². The molecule has 0 aromatic carbocycles. The first-order valence-electron chi connectivity index (χ1n) is 22.1. The fourth-order valence-electron chi connectivity index (χ4n) is 11.8. The summed E-state index contributed by atoms with van der Waals surface area (Å²) in [6.07, 6.45) is -7.86. The van der Waals surface area contributed by atoms with Crippen molar-refractivity contribution in [3.05, 3.63) is 0 Å². The minimum absolute atomic E-state index is 0.0207. The number of amides is 3. The third-order valence-corrected chi connectivity index (χ3v) is 15.4. The minimum Gasteiger partial charge on any atom is -0.394 e. The Labute approximate surface area is 353 Å². The van der Waals surface area contributed by atoms with Gasteiger partial charge in [0.1, 0.15) is 36.6 Å². The molecule has 4 saturated carbocycles. The number of aliphatic hydroxyl groups excluding tert-OH is 12. The van der Waals surface area contributed by atoms with Gasteiger partial charge in [-0.3, -0.25) is 14.4 Å². The Bertz CT molecular complexity index is 1350. The van der Waals surface area contributed by atoms with E-state index in [0.717, 1.165) is 51.4 Å². The van der Waals surface area contributed by atoms with E-state index in [1.807, 2.05) is 0 Å². The van der Waals surface area contributed by atoms with Crippen molar-refractivity contribution >= 4 is 17.7 Å². The third-order valence-electron chi connectivity index (χ3n) is 15.4. The van der Waals surface area contributed by atoms with E-state index in [0.29, 0.717) is 30.1 Å². The Morgan fingerprint density at radius 2 is 1.18 bits per heavy atom. The number of nitrogens with one attached hydrogen (secondary N) is 2. The lowest BCUT2D eigenvalue weighted by Gasteiger charge is -2.62. The number of aliphatic hydroxyl groups is 12. The van der Waals surface area contributed by atoms with E-state index in [-0.39, 0.29) is 86.2 Å². The summed E-state index contributed by atoms with van der Waals surface area (Å²) in [7, 11) is 0. The van der Waals surface area contributed by atoms with Crippen LogP contribution in [-0.2, 0) is 14.4 Å². The van der Waals surface area contributed by atoms with Crippen molar-refractivity contribution in [2.45, 2.75) is 159 Å². The molecule has 348 valence electrons. The maximum absolute atomic E-state index is 13.8. The molecule has 18 atom stereocenters. The fourth-order valence-corrected chi connectivity index (χ4v) is 11.8. The minimum atomic E-state index is -2.11. The molecule has 0 unspecified atom stereocenters. The predicted octanol–water partition coefficient (Wildman–Crippen LogP) is -2.89. The van der Waals surface area contributed by atoms with Crippen molar-refractivity contribution < 1.29 is 75.7 Å². The van der Waals surface area contributed by atoms with Crippen molar-refractivity contribution in [2.75, 3.05) is 39.4 Å². The van der Waals surface area contributed by atoms with E-state index in [1.165, 1.54) is 0 Å².